The molecule has 0 spiro atoms. The maximum atomic E-state index is 12.9. The molecule has 4 nitrogen and oxygen atoms in total. The van der Waals surface area contributed by atoms with Gasteiger partial charge in [-0.15, -0.1) is 0 Å². The molecule has 3 aromatic carbocycles. The Morgan fingerprint density at radius 1 is 0.786 bits per heavy atom. The molecule has 2 N–H and O–H groups in total. The zero-order chi connectivity index (χ0) is 20.0. The van der Waals surface area contributed by atoms with Crippen LogP contribution >= 0.6 is 0 Å². The molecule has 28 heavy (non-hydrogen) atoms. The summed E-state index contributed by atoms with van der Waals surface area (Å²) in [4.78, 5) is 24.1. The molecule has 4 heteroatoms. The maximum absolute atomic E-state index is 12.9. The molecular weight excluding hydrogens is 350 g/mol. The third-order valence-corrected chi connectivity index (χ3v) is 4.86. The second-order valence-corrected chi connectivity index (χ2v) is 6.84. The van der Waals surface area contributed by atoms with Crippen molar-refractivity contribution in [2.75, 3.05) is 0 Å². The van der Waals surface area contributed by atoms with Crippen molar-refractivity contribution in [2.45, 2.75) is 18.9 Å². The smallest absolute Gasteiger partial charge is 0.306 e. The Balaban J connectivity index is 2.17. The summed E-state index contributed by atoms with van der Waals surface area (Å²) in [6, 6.07) is 29.2. The number of nitrogens with one attached hydrogen (secondary N) is 1. The highest BCUT2D eigenvalue weighted by molar-refractivity contribution is 5.83. The Morgan fingerprint density at radius 3 is 1.46 bits per heavy atom. The summed E-state index contributed by atoms with van der Waals surface area (Å²) in [5, 5.41) is 12.4. The predicted octanol–water partition coefficient (Wildman–Crippen LogP) is 4.21. The Labute approximate surface area is 164 Å². The summed E-state index contributed by atoms with van der Waals surface area (Å²) in [5.41, 5.74) is 1.80. The number of aliphatic carboxylic acids is 1. The van der Waals surface area contributed by atoms with Crippen LogP contribution in [0.5, 0.6) is 0 Å². The van der Waals surface area contributed by atoms with Crippen LogP contribution in [0.3, 0.4) is 0 Å². The fourth-order valence-electron chi connectivity index (χ4n) is 3.41. The number of carboxylic acid groups (broad SMARTS) is 1. The highest BCUT2D eigenvalue weighted by Crippen LogP contribution is 2.36. The van der Waals surface area contributed by atoms with E-state index in [1.807, 2.05) is 91.0 Å². The number of benzene rings is 3. The first-order valence-corrected chi connectivity index (χ1v) is 9.24. The zero-order valence-electron chi connectivity index (χ0n) is 15.7. The minimum absolute atomic E-state index is 0.0937. The van der Waals surface area contributed by atoms with Crippen LogP contribution in [0.1, 0.15) is 30.0 Å². The first kappa shape index (κ1) is 19.4. The Bertz CT molecular complexity index is 827. The fourth-order valence-corrected chi connectivity index (χ4v) is 3.41. The lowest BCUT2D eigenvalue weighted by atomic mass is 9.76. The molecule has 0 radical (unpaired) electrons. The van der Waals surface area contributed by atoms with E-state index in [4.69, 9.17) is 0 Å². The van der Waals surface area contributed by atoms with Crippen LogP contribution in [-0.2, 0) is 15.1 Å². The molecule has 0 aromatic heterocycles. The lowest BCUT2D eigenvalue weighted by molar-refractivity contribution is -0.143. The van der Waals surface area contributed by atoms with Crippen molar-refractivity contribution in [1.29, 1.82) is 0 Å². The van der Waals surface area contributed by atoms with Crippen molar-refractivity contribution in [3.8, 4) is 0 Å². The Kier molecular flexibility index (Phi) is 5.90. The van der Waals surface area contributed by atoms with E-state index >= 15 is 0 Å². The average Bonchev–Trinajstić information content (AvgIpc) is 2.74. The van der Waals surface area contributed by atoms with E-state index in [9.17, 15) is 14.7 Å². The quantitative estimate of drug-likeness (QED) is 0.610. The van der Waals surface area contributed by atoms with Gasteiger partial charge in [-0.2, -0.15) is 0 Å². The average molecular weight is 373 g/mol. The normalized spacial score (nSPS) is 12.2. The summed E-state index contributed by atoms with van der Waals surface area (Å²) in [5.74, 6) is -2.06. The first-order chi connectivity index (χ1) is 13.5. The van der Waals surface area contributed by atoms with Crippen LogP contribution in [0.15, 0.2) is 91.0 Å². The van der Waals surface area contributed by atoms with Gasteiger partial charge in [-0.05, 0) is 16.7 Å². The van der Waals surface area contributed by atoms with Gasteiger partial charge in [-0.25, -0.2) is 0 Å². The molecule has 0 aliphatic heterocycles. The standard InChI is InChI=1S/C24H23NO3/c1-18(23(27)28)17-22(26)25-24(19-11-5-2-6-12-19,20-13-7-3-8-14-20)21-15-9-4-10-16-21/h2-16,18H,17H2,1H3,(H,25,26)(H,27,28)/t18-/m1/s1. The molecule has 1 atom stereocenters. The van der Waals surface area contributed by atoms with E-state index in [0.29, 0.717) is 0 Å². The molecule has 0 bridgehead atoms. The van der Waals surface area contributed by atoms with Gasteiger partial charge in [0.05, 0.1) is 5.92 Å². The summed E-state index contributed by atoms with van der Waals surface area (Å²) in [7, 11) is 0. The van der Waals surface area contributed by atoms with Gasteiger partial charge in [0.25, 0.3) is 0 Å². The van der Waals surface area contributed by atoms with Gasteiger partial charge in [-0.3, -0.25) is 9.59 Å². The van der Waals surface area contributed by atoms with Gasteiger partial charge in [0.1, 0.15) is 5.54 Å². The largest absolute Gasteiger partial charge is 0.481 e. The van der Waals surface area contributed by atoms with E-state index in [1.165, 1.54) is 6.92 Å². The highest BCUT2D eigenvalue weighted by Gasteiger charge is 2.38. The minimum atomic E-state index is -0.986. The molecular formula is C24H23NO3. The molecule has 0 aliphatic rings. The second-order valence-electron chi connectivity index (χ2n) is 6.84. The van der Waals surface area contributed by atoms with E-state index in [1.54, 1.807) is 0 Å². The molecule has 0 fully saturated rings. The lowest BCUT2D eigenvalue weighted by Crippen LogP contribution is -2.48. The van der Waals surface area contributed by atoms with E-state index in [0.717, 1.165) is 16.7 Å². The van der Waals surface area contributed by atoms with Crippen LogP contribution in [-0.4, -0.2) is 17.0 Å². The van der Waals surface area contributed by atoms with E-state index in [2.05, 4.69) is 5.32 Å². The monoisotopic (exact) mass is 373 g/mol. The summed E-state index contributed by atoms with van der Waals surface area (Å²) >= 11 is 0. The number of amides is 1. The topological polar surface area (TPSA) is 66.4 Å². The Hall–Kier alpha value is -3.40. The molecule has 3 rings (SSSR count). The number of carbonyl (C=O) groups excluding carboxylic acids is 1. The molecule has 0 saturated heterocycles. The molecule has 0 aliphatic carbocycles. The molecule has 1 amide bonds. The van der Waals surface area contributed by atoms with Crippen molar-refractivity contribution in [3.63, 3.8) is 0 Å². The minimum Gasteiger partial charge on any atom is -0.481 e. The van der Waals surface area contributed by atoms with Crippen molar-refractivity contribution in [3.05, 3.63) is 108 Å². The third-order valence-electron chi connectivity index (χ3n) is 4.86. The second kappa shape index (κ2) is 8.53. The number of hydrogen-bond acceptors (Lipinski definition) is 2. The summed E-state index contributed by atoms with van der Waals surface area (Å²) < 4.78 is 0. The van der Waals surface area contributed by atoms with Gasteiger partial charge < -0.3 is 10.4 Å². The lowest BCUT2D eigenvalue weighted by Gasteiger charge is -2.37. The first-order valence-electron chi connectivity index (χ1n) is 9.24. The van der Waals surface area contributed by atoms with E-state index in [-0.39, 0.29) is 12.3 Å². The van der Waals surface area contributed by atoms with Crippen LogP contribution in [0.25, 0.3) is 0 Å². The highest BCUT2D eigenvalue weighted by atomic mass is 16.4. The van der Waals surface area contributed by atoms with Gasteiger partial charge in [0.2, 0.25) is 5.91 Å². The molecule has 0 saturated carbocycles. The van der Waals surface area contributed by atoms with Crippen LogP contribution in [0.4, 0.5) is 0 Å². The number of carbonyl (C=O) groups is 2. The van der Waals surface area contributed by atoms with Crippen molar-refractivity contribution in [1.82, 2.24) is 5.32 Å². The Morgan fingerprint density at radius 2 is 1.14 bits per heavy atom. The van der Waals surface area contributed by atoms with E-state index < -0.39 is 17.4 Å². The summed E-state index contributed by atoms with van der Waals surface area (Å²) in [6.07, 6.45) is -0.0937. The number of carboxylic acids is 1. The van der Waals surface area contributed by atoms with Gasteiger partial charge in [-0.1, -0.05) is 97.9 Å². The zero-order valence-corrected chi connectivity index (χ0v) is 15.7. The van der Waals surface area contributed by atoms with Crippen molar-refractivity contribution >= 4 is 11.9 Å². The van der Waals surface area contributed by atoms with Crippen LogP contribution < -0.4 is 5.32 Å². The fraction of sp³-hybridized carbons (Fsp3) is 0.167. The third kappa shape index (κ3) is 3.96. The number of rotatable bonds is 7. The van der Waals surface area contributed by atoms with Crippen LogP contribution in [0, 0.1) is 5.92 Å². The number of hydrogen-bond donors (Lipinski definition) is 2. The van der Waals surface area contributed by atoms with Gasteiger partial charge >= 0.3 is 5.97 Å². The van der Waals surface area contributed by atoms with Gasteiger partial charge in [0.15, 0.2) is 0 Å². The maximum Gasteiger partial charge on any atom is 0.306 e. The molecule has 3 aromatic rings. The van der Waals surface area contributed by atoms with Crippen molar-refractivity contribution in [2.24, 2.45) is 5.92 Å². The SMILES string of the molecule is C[C@H](CC(=O)NC(c1ccccc1)(c1ccccc1)c1ccccc1)C(=O)O. The van der Waals surface area contributed by atoms with Gasteiger partial charge in [0, 0.05) is 6.42 Å². The molecule has 0 heterocycles. The predicted molar refractivity (Wildman–Crippen MR) is 109 cm³/mol. The summed E-state index contributed by atoms with van der Waals surface area (Å²) in [6.45, 7) is 1.54. The molecule has 142 valence electrons. The van der Waals surface area contributed by atoms with Crippen LogP contribution in [0.2, 0.25) is 0 Å². The molecule has 0 unspecified atom stereocenters. The van der Waals surface area contributed by atoms with Crippen molar-refractivity contribution < 1.29 is 14.7 Å².